The van der Waals surface area contributed by atoms with E-state index in [1.807, 2.05) is 0 Å². The lowest BCUT2D eigenvalue weighted by Gasteiger charge is -2.27. The van der Waals surface area contributed by atoms with Crippen molar-refractivity contribution in [1.29, 1.82) is 0 Å². The van der Waals surface area contributed by atoms with Crippen molar-refractivity contribution in [2.45, 2.75) is 24.5 Å². The standard InChI is InChI=1S/C14H14N5O6P/c15-13-6-1-8-9(2-7(6)16-4-17-13)19(5-18-8)14-11(20)12-10(24-14)3-23-26(21,22)25-12/h1-2,4-5,10-12,14,20H,3H2,(H,21,22)(H2,15,16,17)/t10?,11-,12?,14-/m1/s1. The highest BCUT2D eigenvalue weighted by molar-refractivity contribution is 7.47. The SMILES string of the molecule is Nc1ncnc2cc3c(cc12)ncn3[C@@H]1OC2COP(=O)(O)OC2[C@H]1O. The van der Waals surface area contributed by atoms with Crippen molar-refractivity contribution in [2.75, 3.05) is 12.3 Å². The van der Waals surface area contributed by atoms with Gasteiger partial charge in [-0.2, -0.15) is 0 Å². The average molecular weight is 379 g/mol. The molecule has 2 saturated heterocycles. The smallest absolute Gasteiger partial charge is 0.386 e. The molecule has 0 amide bonds. The molecule has 12 heteroatoms. The number of aromatic nitrogens is 4. The highest BCUT2D eigenvalue weighted by Crippen LogP contribution is 2.52. The molecular weight excluding hydrogens is 365 g/mol. The van der Waals surface area contributed by atoms with Gasteiger partial charge in [0.15, 0.2) is 6.23 Å². The fourth-order valence-electron chi connectivity index (χ4n) is 3.37. The fourth-order valence-corrected chi connectivity index (χ4v) is 4.33. The highest BCUT2D eigenvalue weighted by atomic mass is 31.2. The van der Waals surface area contributed by atoms with Crippen LogP contribution in [0.5, 0.6) is 0 Å². The number of phosphoric acid groups is 1. The number of aliphatic hydroxyl groups is 1. The van der Waals surface area contributed by atoms with E-state index in [2.05, 4.69) is 15.0 Å². The Morgan fingerprint density at radius 3 is 2.96 bits per heavy atom. The Balaban J connectivity index is 1.58. The Morgan fingerprint density at radius 2 is 2.12 bits per heavy atom. The predicted octanol–water partition coefficient (Wildman–Crippen LogP) is 0.336. The Morgan fingerprint density at radius 1 is 1.27 bits per heavy atom. The van der Waals surface area contributed by atoms with Crippen LogP contribution < -0.4 is 5.73 Å². The highest BCUT2D eigenvalue weighted by Gasteiger charge is 2.52. The minimum absolute atomic E-state index is 0.147. The zero-order valence-electron chi connectivity index (χ0n) is 13.2. The number of phosphoric ester groups is 1. The summed E-state index contributed by atoms with van der Waals surface area (Å²) in [5, 5.41) is 11.2. The third-order valence-electron chi connectivity index (χ3n) is 4.60. The number of fused-ring (bicyclic) bond motifs is 3. The first-order valence-corrected chi connectivity index (χ1v) is 9.28. The molecule has 3 unspecified atom stereocenters. The largest absolute Gasteiger partial charge is 0.472 e. The predicted molar refractivity (Wildman–Crippen MR) is 87.8 cm³/mol. The zero-order valence-corrected chi connectivity index (χ0v) is 14.1. The van der Waals surface area contributed by atoms with E-state index >= 15 is 0 Å². The summed E-state index contributed by atoms with van der Waals surface area (Å²) < 4.78 is 28.8. The molecule has 0 saturated carbocycles. The number of hydrogen-bond acceptors (Lipinski definition) is 9. The number of benzene rings is 1. The van der Waals surface area contributed by atoms with Crippen LogP contribution in [-0.4, -0.2) is 54.4 Å². The third-order valence-corrected chi connectivity index (χ3v) is 5.59. The fraction of sp³-hybridized carbons (Fsp3) is 0.357. The van der Waals surface area contributed by atoms with Crippen molar-refractivity contribution < 1.29 is 28.3 Å². The number of aliphatic hydroxyl groups excluding tert-OH is 1. The molecular formula is C14H14N5O6P. The second kappa shape index (κ2) is 5.43. The van der Waals surface area contributed by atoms with Gasteiger partial charge in [0.1, 0.15) is 30.5 Å². The van der Waals surface area contributed by atoms with Crippen LogP contribution in [0.2, 0.25) is 0 Å². The second-order valence-corrected chi connectivity index (χ2v) is 7.56. The van der Waals surface area contributed by atoms with Gasteiger partial charge in [-0.25, -0.2) is 19.5 Å². The molecule has 0 radical (unpaired) electrons. The number of imidazole rings is 1. The van der Waals surface area contributed by atoms with Crippen molar-refractivity contribution in [3.8, 4) is 0 Å². The van der Waals surface area contributed by atoms with Gasteiger partial charge in [-0.3, -0.25) is 9.05 Å². The molecule has 4 heterocycles. The minimum Gasteiger partial charge on any atom is -0.386 e. The average Bonchev–Trinajstić information content (AvgIpc) is 3.14. The second-order valence-electron chi connectivity index (χ2n) is 6.16. The van der Waals surface area contributed by atoms with E-state index in [0.29, 0.717) is 27.8 Å². The van der Waals surface area contributed by atoms with Crippen LogP contribution in [0.1, 0.15) is 6.23 Å². The van der Waals surface area contributed by atoms with E-state index in [4.69, 9.17) is 19.5 Å². The zero-order chi connectivity index (χ0) is 18.1. The molecule has 2 fully saturated rings. The van der Waals surface area contributed by atoms with Crippen molar-refractivity contribution in [2.24, 2.45) is 0 Å². The van der Waals surface area contributed by atoms with Crippen molar-refractivity contribution in [3.63, 3.8) is 0 Å². The normalized spacial score (nSPS) is 34.4. The molecule has 0 spiro atoms. The maximum absolute atomic E-state index is 11.6. The van der Waals surface area contributed by atoms with Crippen molar-refractivity contribution in [3.05, 3.63) is 24.8 Å². The van der Waals surface area contributed by atoms with Crippen molar-refractivity contribution in [1.82, 2.24) is 19.5 Å². The van der Waals surface area contributed by atoms with Gasteiger partial charge in [-0.15, -0.1) is 0 Å². The summed E-state index contributed by atoms with van der Waals surface area (Å²) in [6.45, 7) is -0.147. The number of nitrogens with two attached hydrogens (primary N) is 1. The van der Waals surface area contributed by atoms with Gasteiger partial charge < -0.3 is 25.0 Å². The number of anilines is 1. The van der Waals surface area contributed by atoms with Gasteiger partial charge in [0, 0.05) is 5.39 Å². The monoisotopic (exact) mass is 379 g/mol. The molecule has 26 heavy (non-hydrogen) atoms. The maximum atomic E-state index is 11.6. The first kappa shape index (κ1) is 16.1. The van der Waals surface area contributed by atoms with Crippen LogP contribution in [0.15, 0.2) is 24.8 Å². The summed E-state index contributed by atoms with van der Waals surface area (Å²) in [6.07, 6.45) is -0.789. The molecule has 1 aromatic carbocycles. The lowest BCUT2D eigenvalue weighted by atomic mass is 10.1. The van der Waals surface area contributed by atoms with E-state index in [-0.39, 0.29) is 6.61 Å². The molecule has 2 aliphatic heterocycles. The molecule has 0 bridgehead atoms. The number of nitrogen functional groups attached to an aromatic ring is 1. The van der Waals surface area contributed by atoms with Crippen LogP contribution in [0.25, 0.3) is 21.9 Å². The first-order chi connectivity index (χ1) is 12.4. The Kier molecular flexibility index (Phi) is 3.35. The summed E-state index contributed by atoms with van der Waals surface area (Å²) in [5.41, 5.74) is 7.77. The van der Waals surface area contributed by atoms with Gasteiger partial charge in [0.2, 0.25) is 0 Å². The molecule has 136 valence electrons. The summed E-state index contributed by atoms with van der Waals surface area (Å²) in [7, 11) is -4.18. The van der Waals surface area contributed by atoms with E-state index < -0.39 is 32.4 Å². The Hall–Kier alpha value is -2.14. The Labute approximate surface area is 146 Å². The van der Waals surface area contributed by atoms with E-state index in [9.17, 15) is 14.6 Å². The van der Waals surface area contributed by atoms with Crippen LogP contribution in [-0.2, 0) is 18.3 Å². The van der Waals surface area contributed by atoms with Crippen LogP contribution in [0.4, 0.5) is 5.82 Å². The minimum atomic E-state index is -4.18. The topological polar surface area (TPSA) is 155 Å². The first-order valence-electron chi connectivity index (χ1n) is 7.79. The van der Waals surface area contributed by atoms with Gasteiger partial charge in [-0.1, -0.05) is 0 Å². The molecule has 5 rings (SSSR count). The molecule has 2 aromatic heterocycles. The maximum Gasteiger partial charge on any atom is 0.472 e. The summed E-state index contributed by atoms with van der Waals surface area (Å²) in [4.78, 5) is 22.0. The lowest BCUT2D eigenvalue weighted by Crippen LogP contribution is -2.39. The van der Waals surface area contributed by atoms with Crippen LogP contribution in [0.3, 0.4) is 0 Å². The molecule has 4 N–H and O–H groups in total. The number of rotatable bonds is 1. The number of hydrogen-bond donors (Lipinski definition) is 3. The van der Waals surface area contributed by atoms with Crippen LogP contribution in [0, 0.1) is 0 Å². The Bertz CT molecular complexity index is 1070. The lowest BCUT2D eigenvalue weighted by molar-refractivity contribution is -0.0663. The molecule has 11 nitrogen and oxygen atoms in total. The van der Waals surface area contributed by atoms with E-state index in [0.717, 1.165) is 0 Å². The molecule has 5 atom stereocenters. The van der Waals surface area contributed by atoms with Gasteiger partial charge in [0.25, 0.3) is 0 Å². The van der Waals surface area contributed by atoms with E-state index in [1.165, 1.54) is 12.7 Å². The molecule has 2 aliphatic rings. The number of ether oxygens (including phenoxy) is 1. The summed E-state index contributed by atoms with van der Waals surface area (Å²) in [5.74, 6) is 0.346. The van der Waals surface area contributed by atoms with Gasteiger partial charge in [-0.05, 0) is 12.1 Å². The number of nitrogens with zero attached hydrogens (tertiary/aromatic N) is 4. The molecule has 0 aliphatic carbocycles. The molecule has 3 aromatic rings. The van der Waals surface area contributed by atoms with E-state index in [1.54, 1.807) is 16.7 Å². The quantitative estimate of drug-likeness (QED) is 0.504. The van der Waals surface area contributed by atoms with Gasteiger partial charge >= 0.3 is 7.82 Å². The van der Waals surface area contributed by atoms with Crippen LogP contribution >= 0.6 is 7.82 Å². The summed E-state index contributed by atoms with van der Waals surface area (Å²) >= 11 is 0. The van der Waals surface area contributed by atoms with Crippen molar-refractivity contribution >= 4 is 35.6 Å². The summed E-state index contributed by atoms with van der Waals surface area (Å²) in [6, 6.07) is 3.52. The van der Waals surface area contributed by atoms with Gasteiger partial charge in [0.05, 0.1) is 29.5 Å². The third kappa shape index (κ3) is 2.33.